The van der Waals surface area contributed by atoms with Crippen molar-refractivity contribution in [3.8, 4) is 0 Å². The second kappa shape index (κ2) is 8.11. The number of hydrogen-bond acceptors (Lipinski definition) is 7. The van der Waals surface area contributed by atoms with Crippen molar-refractivity contribution in [3.05, 3.63) is 18.0 Å². The number of rotatable bonds is 4. The number of amides is 2. The van der Waals surface area contributed by atoms with Gasteiger partial charge in [0.15, 0.2) is 0 Å². The summed E-state index contributed by atoms with van der Waals surface area (Å²) in [6, 6.07) is 0. The number of nitrogens with zero attached hydrogens (tertiary/aromatic N) is 3. The zero-order chi connectivity index (χ0) is 20.1. The van der Waals surface area contributed by atoms with E-state index in [4.69, 9.17) is 14.6 Å². The minimum absolute atomic E-state index is 0.0788. The molecule has 9 heteroatoms. The highest BCUT2D eigenvalue weighted by Gasteiger charge is 2.34. The van der Waals surface area contributed by atoms with Gasteiger partial charge in [0, 0.05) is 18.8 Å². The van der Waals surface area contributed by atoms with E-state index in [0.717, 1.165) is 0 Å². The number of aromatic nitrogens is 2. The van der Waals surface area contributed by atoms with Crippen LogP contribution >= 0.6 is 0 Å². The van der Waals surface area contributed by atoms with E-state index in [1.807, 2.05) is 0 Å². The van der Waals surface area contributed by atoms with E-state index in [-0.39, 0.29) is 18.8 Å². The smallest absolute Gasteiger partial charge is 0.427 e. The molecular formula is C17H25N3O6. The molecule has 26 heavy (non-hydrogen) atoms. The number of carbonyl (C=O) groups is 3. The molecule has 0 aliphatic rings. The average Bonchev–Trinajstić information content (AvgIpc) is 2.42. The first-order valence-electron chi connectivity index (χ1n) is 8.07. The molecule has 0 radical (unpaired) electrons. The lowest BCUT2D eigenvalue weighted by Gasteiger charge is -2.27. The number of carbonyl (C=O) groups excluding carboxylic acids is 2. The molecule has 1 heterocycles. The molecule has 0 spiro atoms. The first-order valence-corrected chi connectivity index (χ1v) is 8.07. The Balaban J connectivity index is 3.09. The lowest BCUT2D eigenvalue weighted by atomic mass is 10.2. The Morgan fingerprint density at radius 3 is 1.73 bits per heavy atom. The summed E-state index contributed by atoms with van der Waals surface area (Å²) in [6.45, 7) is 9.96. The van der Waals surface area contributed by atoms with E-state index in [1.165, 1.54) is 12.4 Å². The van der Waals surface area contributed by atoms with E-state index in [9.17, 15) is 14.4 Å². The van der Waals surface area contributed by atoms with Crippen LogP contribution < -0.4 is 4.90 Å². The third kappa shape index (κ3) is 7.45. The minimum Gasteiger partial charge on any atom is -0.481 e. The summed E-state index contributed by atoms with van der Waals surface area (Å²) in [5, 5.41) is 8.71. The van der Waals surface area contributed by atoms with Crippen molar-refractivity contribution >= 4 is 24.1 Å². The lowest BCUT2D eigenvalue weighted by molar-refractivity contribution is -0.136. The molecule has 1 rings (SSSR count). The standard InChI is InChI=1S/C17H25N3O6/c1-16(2,3)25-14(23)20(15(24)26-17(4,5)6)13-18-9-11(10-19-13)7-8-12(21)22/h9-10H,7-8H2,1-6H3,(H,21,22). The van der Waals surface area contributed by atoms with E-state index >= 15 is 0 Å². The Bertz CT molecular complexity index is 631. The topological polar surface area (TPSA) is 119 Å². The van der Waals surface area contributed by atoms with Gasteiger partial charge in [-0.3, -0.25) is 4.79 Å². The highest BCUT2D eigenvalue weighted by atomic mass is 16.6. The summed E-state index contributed by atoms with van der Waals surface area (Å²) < 4.78 is 10.5. The summed E-state index contributed by atoms with van der Waals surface area (Å²) in [5.41, 5.74) is -1.11. The van der Waals surface area contributed by atoms with Gasteiger partial charge in [-0.15, -0.1) is 4.90 Å². The molecule has 0 atom stereocenters. The van der Waals surface area contributed by atoms with Crippen LogP contribution in [0.15, 0.2) is 12.4 Å². The zero-order valence-corrected chi connectivity index (χ0v) is 15.9. The zero-order valence-electron chi connectivity index (χ0n) is 15.9. The van der Waals surface area contributed by atoms with Gasteiger partial charge in [0.2, 0.25) is 5.95 Å². The molecule has 0 saturated heterocycles. The van der Waals surface area contributed by atoms with Crippen molar-refractivity contribution in [2.75, 3.05) is 4.90 Å². The normalized spacial score (nSPS) is 11.6. The molecule has 0 aliphatic carbocycles. The molecular weight excluding hydrogens is 342 g/mol. The molecule has 0 aliphatic heterocycles. The largest absolute Gasteiger partial charge is 0.481 e. The Morgan fingerprint density at radius 1 is 0.962 bits per heavy atom. The summed E-state index contributed by atoms with van der Waals surface area (Å²) in [6.07, 6.45) is 0.925. The molecule has 0 aromatic carbocycles. The summed E-state index contributed by atoms with van der Waals surface area (Å²) in [4.78, 5) is 44.1. The SMILES string of the molecule is CC(C)(C)OC(=O)N(C(=O)OC(C)(C)C)c1ncc(CCC(=O)O)cn1. The van der Waals surface area contributed by atoms with Gasteiger partial charge in [0.25, 0.3) is 0 Å². The van der Waals surface area contributed by atoms with Gasteiger partial charge in [-0.25, -0.2) is 19.6 Å². The summed E-state index contributed by atoms with van der Waals surface area (Å²) in [7, 11) is 0. The molecule has 144 valence electrons. The number of imide groups is 1. The Kier molecular flexibility index (Phi) is 6.66. The maximum absolute atomic E-state index is 12.4. The second-order valence-corrected chi connectivity index (χ2v) is 7.58. The van der Waals surface area contributed by atoms with Gasteiger partial charge in [-0.05, 0) is 53.5 Å². The highest BCUT2D eigenvalue weighted by molar-refractivity contribution is 6.08. The molecule has 1 aromatic rings. The van der Waals surface area contributed by atoms with Crippen LogP contribution in [0.25, 0.3) is 0 Å². The molecule has 0 unspecified atom stereocenters. The fraction of sp³-hybridized carbons (Fsp3) is 0.588. The number of hydrogen-bond donors (Lipinski definition) is 1. The molecule has 0 bridgehead atoms. The van der Waals surface area contributed by atoms with Gasteiger partial charge in [0.1, 0.15) is 11.2 Å². The van der Waals surface area contributed by atoms with Gasteiger partial charge in [-0.1, -0.05) is 0 Å². The van der Waals surface area contributed by atoms with E-state index in [1.54, 1.807) is 41.5 Å². The van der Waals surface area contributed by atoms with Gasteiger partial charge in [0.05, 0.1) is 0 Å². The predicted octanol–water partition coefficient (Wildman–Crippen LogP) is 3.17. The predicted molar refractivity (Wildman–Crippen MR) is 92.9 cm³/mol. The first kappa shape index (κ1) is 21.3. The van der Waals surface area contributed by atoms with Crippen LogP contribution in [0.3, 0.4) is 0 Å². The van der Waals surface area contributed by atoms with Crippen molar-refractivity contribution in [3.63, 3.8) is 0 Å². The maximum atomic E-state index is 12.4. The molecule has 1 aromatic heterocycles. The average molecular weight is 367 g/mol. The number of aliphatic carboxylic acids is 1. The number of carboxylic acids is 1. The fourth-order valence-electron chi connectivity index (χ4n) is 1.70. The quantitative estimate of drug-likeness (QED) is 0.862. The maximum Gasteiger partial charge on any atom is 0.427 e. The van der Waals surface area contributed by atoms with Gasteiger partial charge >= 0.3 is 18.2 Å². The summed E-state index contributed by atoms with van der Waals surface area (Å²) >= 11 is 0. The minimum atomic E-state index is -0.968. The summed E-state index contributed by atoms with van der Waals surface area (Å²) in [5.74, 6) is -1.16. The number of carboxylic acid groups (broad SMARTS) is 1. The van der Waals surface area contributed by atoms with Crippen LogP contribution in [0.2, 0.25) is 0 Å². The monoisotopic (exact) mass is 367 g/mol. The van der Waals surface area contributed by atoms with Crippen molar-refractivity contribution in [2.45, 2.75) is 65.6 Å². The molecule has 0 fully saturated rings. The Labute approximate surface area is 152 Å². The third-order valence-corrected chi connectivity index (χ3v) is 2.67. The van der Waals surface area contributed by atoms with Crippen LogP contribution in [0.5, 0.6) is 0 Å². The van der Waals surface area contributed by atoms with Crippen LogP contribution in [-0.4, -0.2) is 44.4 Å². The lowest BCUT2D eigenvalue weighted by Crippen LogP contribution is -2.44. The highest BCUT2D eigenvalue weighted by Crippen LogP contribution is 2.18. The van der Waals surface area contributed by atoms with Gasteiger partial charge < -0.3 is 14.6 Å². The van der Waals surface area contributed by atoms with Crippen molar-refractivity contribution in [2.24, 2.45) is 0 Å². The molecule has 2 amide bonds. The van der Waals surface area contributed by atoms with Crippen molar-refractivity contribution < 1.29 is 29.0 Å². The van der Waals surface area contributed by atoms with Crippen molar-refractivity contribution in [1.29, 1.82) is 0 Å². The van der Waals surface area contributed by atoms with E-state index in [2.05, 4.69) is 9.97 Å². The fourth-order valence-corrected chi connectivity index (χ4v) is 1.70. The van der Waals surface area contributed by atoms with Crippen LogP contribution in [0, 0.1) is 0 Å². The van der Waals surface area contributed by atoms with Crippen LogP contribution in [-0.2, 0) is 20.7 Å². The van der Waals surface area contributed by atoms with Crippen LogP contribution in [0.4, 0.5) is 15.5 Å². The molecule has 0 saturated carbocycles. The van der Waals surface area contributed by atoms with E-state index in [0.29, 0.717) is 10.5 Å². The second-order valence-electron chi connectivity index (χ2n) is 7.58. The first-order chi connectivity index (χ1) is 11.8. The van der Waals surface area contributed by atoms with Crippen LogP contribution in [0.1, 0.15) is 53.5 Å². The van der Waals surface area contributed by atoms with E-state index < -0.39 is 29.4 Å². The molecule has 1 N–H and O–H groups in total. The number of aryl methyl sites for hydroxylation is 1. The third-order valence-electron chi connectivity index (χ3n) is 2.67. The number of anilines is 1. The number of ether oxygens (including phenoxy) is 2. The Morgan fingerprint density at radius 2 is 1.38 bits per heavy atom. The van der Waals surface area contributed by atoms with Crippen molar-refractivity contribution in [1.82, 2.24) is 9.97 Å². The molecule has 9 nitrogen and oxygen atoms in total. The van der Waals surface area contributed by atoms with Gasteiger partial charge in [-0.2, -0.15) is 0 Å². The Hall–Kier alpha value is -2.71.